The lowest BCUT2D eigenvalue weighted by molar-refractivity contribution is 0.0941. The molecule has 0 aliphatic heterocycles. The Balaban J connectivity index is 0.00000133. The fraction of sp³-hybridized carbons (Fsp3) is 0.400. The highest BCUT2D eigenvalue weighted by molar-refractivity contribution is 5.93. The number of carbonyl (C=O) groups excluding carboxylic acids is 1. The highest BCUT2D eigenvalue weighted by atomic mass is 35.5. The van der Waals surface area contributed by atoms with Crippen molar-refractivity contribution in [1.29, 1.82) is 0 Å². The predicted octanol–water partition coefficient (Wildman–Crippen LogP) is 3.52. The summed E-state index contributed by atoms with van der Waals surface area (Å²) in [6, 6.07) is 8.06. The number of halogens is 1. The molecule has 0 amide bonds. The van der Waals surface area contributed by atoms with Crippen molar-refractivity contribution in [3.63, 3.8) is 0 Å². The number of carbonyl (C=O) groups is 1. The predicted molar refractivity (Wildman–Crippen MR) is 79.8 cm³/mol. The highest BCUT2D eigenvalue weighted by Crippen LogP contribution is 2.38. The van der Waals surface area contributed by atoms with Crippen LogP contribution in [0, 0.1) is 5.92 Å². The number of nitrogens with two attached hydrogens (primary N) is 1. The summed E-state index contributed by atoms with van der Waals surface area (Å²) >= 11 is 0. The normalized spacial score (nSPS) is 16.7. The molecule has 1 aromatic carbocycles. The van der Waals surface area contributed by atoms with Gasteiger partial charge in [0.2, 0.25) is 5.91 Å². The fourth-order valence-corrected chi connectivity index (χ4v) is 2.79. The second-order valence-corrected chi connectivity index (χ2v) is 5.21. The molecule has 1 heterocycles. The lowest BCUT2D eigenvalue weighted by Crippen LogP contribution is -2.26. The summed E-state index contributed by atoms with van der Waals surface area (Å²) in [7, 11) is 0. The fourth-order valence-electron chi connectivity index (χ4n) is 2.79. The molecule has 102 valence electrons. The van der Waals surface area contributed by atoms with Gasteiger partial charge < -0.3 is 5.73 Å². The summed E-state index contributed by atoms with van der Waals surface area (Å²) in [4.78, 5) is 11.7. The number of aromatic nitrogens is 1. The molecule has 3 nitrogen and oxygen atoms in total. The maximum atomic E-state index is 11.7. The first kappa shape index (κ1) is 14.1. The second kappa shape index (κ2) is 5.35. The van der Waals surface area contributed by atoms with E-state index in [2.05, 4.69) is 6.07 Å². The van der Waals surface area contributed by atoms with Crippen LogP contribution in [-0.2, 0) is 0 Å². The molecule has 2 N–H and O–H groups in total. The van der Waals surface area contributed by atoms with E-state index < -0.39 is 0 Å². The molecular weight excluding hydrogens is 260 g/mol. The SMILES string of the molecule is CC(=O)n1cc([C@@H](N)C2CCC2)c2ccccc21.Cl. The smallest absolute Gasteiger partial charge is 0.227 e. The molecule has 19 heavy (non-hydrogen) atoms. The highest BCUT2D eigenvalue weighted by Gasteiger charge is 2.28. The largest absolute Gasteiger partial charge is 0.324 e. The Morgan fingerprint density at radius 1 is 1.37 bits per heavy atom. The number of para-hydroxylation sites is 1. The van der Waals surface area contributed by atoms with Crippen molar-refractivity contribution in [3.05, 3.63) is 36.0 Å². The first-order valence-corrected chi connectivity index (χ1v) is 6.55. The Bertz CT molecular complexity index is 601. The molecule has 0 spiro atoms. The summed E-state index contributed by atoms with van der Waals surface area (Å²) in [6.45, 7) is 1.59. The second-order valence-electron chi connectivity index (χ2n) is 5.21. The molecular formula is C15H19ClN2O. The molecule has 0 bridgehead atoms. The van der Waals surface area contributed by atoms with Crippen molar-refractivity contribution in [1.82, 2.24) is 4.57 Å². The topological polar surface area (TPSA) is 48.0 Å². The monoisotopic (exact) mass is 278 g/mol. The third kappa shape index (κ3) is 2.28. The van der Waals surface area contributed by atoms with E-state index in [0.29, 0.717) is 5.92 Å². The van der Waals surface area contributed by atoms with Crippen LogP contribution >= 0.6 is 12.4 Å². The van der Waals surface area contributed by atoms with Gasteiger partial charge in [0.05, 0.1) is 5.52 Å². The molecule has 1 atom stereocenters. The van der Waals surface area contributed by atoms with E-state index >= 15 is 0 Å². The number of hydrogen-bond donors (Lipinski definition) is 1. The van der Waals surface area contributed by atoms with Crippen LogP contribution in [0.4, 0.5) is 0 Å². The number of hydrogen-bond acceptors (Lipinski definition) is 2. The molecule has 3 rings (SSSR count). The lowest BCUT2D eigenvalue weighted by Gasteiger charge is -2.31. The van der Waals surface area contributed by atoms with Crippen molar-refractivity contribution >= 4 is 29.2 Å². The molecule has 1 fully saturated rings. The molecule has 0 radical (unpaired) electrons. The van der Waals surface area contributed by atoms with Crippen LogP contribution in [0.25, 0.3) is 10.9 Å². The first-order chi connectivity index (χ1) is 8.68. The Kier molecular flexibility index (Phi) is 3.97. The lowest BCUT2D eigenvalue weighted by atomic mass is 9.77. The zero-order chi connectivity index (χ0) is 12.7. The zero-order valence-corrected chi connectivity index (χ0v) is 11.8. The minimum Gasteiger partial charge on any atom is -0.324 e. The summed E-state index contributed by atoms with van der Waals surface area (Å²) in [6.07, 6.45) is 5.63. The van der Waals surface area contributed by atoms with Gasteiger partial charge in [0.25, 0.3) is 0 Å². The average molecular weight is 279 g/mol. The van der Waals surface area contributed by atoms with Gasteiger partial charge in [-0.3, -0.25) is 9.36 Å². The molecule has 1 aromatic heterocycles. The molecule has 0 saturated heterocycles. The maximum absolute atomic E-state index is 11.7. The van der Waals surface area contributed by atoms with Gasteiger partial charge in [0.1, 0.15) is 0 Å². The van der Waals surface area contributed by atoms with Gasteiger partial charge in [-0.1, -0.05) is 24.6 Å². The van der Waals surface area contributed by atoms with E-state index in [1.807, 2.05) is 24.4 Å². The van der Waals surface area contributed by atoms with Gasteiger partial charge in [-0.05, 0) is 30.4 Å². The summed E-state index contributed by atoms with van der Waals surface area (Å²) in [5, 5.41) is 1.12. The van der Waals surface area contributed by atoms with Crippen molar-refractivity contribution in [2.24, 2.45) is 11.7 Å². The minimum atomic E-state index is 0. The average Bonchev–Trinajstić information content (AvgIpc) is 2.66. The maximum Gasteiger partial charge on any atom is 0.227 e. The van der Waals surface area contributed by atoms with Crippen LogP contribution in [0.5, 0.6) is 0 Å². The van der Waals surface area contributed by atoms with E-state index in [1.54, 1.807) is 11.5 Å². The van der Waals surface area contributed by atoms with Crippen molar-refractivity contribution < 1.29 is 4.79 Å². The quantitative estimate of drug-likeness (QED) is 0.914. The van der Waals surface area contributed by atoms with E-state index in [1.165, 1.54) is 19.3 Å². The minimum absolute atomic E-state index is 0. The van der Waals surface area contributed by atoms with Gasteiger partial charge in [-0.15, -0.1) is 12.4 Å². The van der Waals surface area contributed by atoms with Gasteiger partial charge >= 0.3 is 0 Å². The van der Waals surface area contributed by atoms with Crippen LogP contribution in [0.3, 0.4) is 0 Å². The molecule has 1 aliphatic rings. The van der Waals surface area contributed by atoms with Gasteiger partial charge in [-0.25, -0.2) is 0 Å². The molecule has 0 unspecified atom stereocenters. The first-order valence-electron chi connectivity index (χ1n) is 6.55. The van der Waals surface area contributed by atoms with E-state index in [9.17, 15) is 4.79 Å². The standard InChI is InChI=1S/C15H18N2O.ClH/c1-10(18)17-9-13(15(16)11-5-4-6-11)12-7-2-3-8-14(12)17;/h2-3,7-9,11,15H,4-6,16H2,1H3;1H/t15-;/m0./s1. The third-order valence-electron chi connectivity index (χ3n) is 4.10. The van der Waals surface area contributed by atoms with Crippen molar-refractivity contribution in [2.75, 3.05) is 0 Å². The molecule has 1 aliphatic carbocycles. The Morgan fingerprint density at radius 2 is 2.05 bits per heavy atom. The number of benzene rings is 1. The Hall–Kier alpha value is -1.32. The zero-order valence-electron chi connectivity index (χ0n) is 11.0. The van der Waals surface area contributed by atoms with Gasteiger partial charge in [0.15, 0.2) is 0 Å². The van der Waals surface area contributed by atoms with Gasteiger partial charge in [0, 0.05) is 24.5 Å². The molecule has 1 saturated carbocycles. The summed E-state index contributed by atoms with van der Waals surface area (Å²) in [5.74, 6) is 0.620. The van der Waals surface area contributed by atoms with Crippen molar-refractivity contribution in [3.8, 4) is 0 Å². The van der Waals surface area contributed by atoms with Crippen LogP contribution in [0.2, 0.25) is 0 Å². The summed E-state index contributed by atoms with van der Waals surface area (Å²) in [5.41, 5.74) is 8.44. The van der Waals surface area contributed by atoms with Crippen LogP contribution < -0.4 is 5.73 Å². The van der Waals surface area contributed by atoms with Crippen LogP contribution in [0.1, 0.15) is 42.6 Å². The number of fused-ring (bicyclic) bond motifs is 1. The van der Waals surface area contributed by atoms with Crippen LogP contribution in [0.15, 0.2) is 30.5 Å². The Morgan fingerprint density at radius 3 is 2.63 bits per heavy atom. The molecule has 4 heteroatoms. The third-order valence-corrected chi connectivity index (χ3v) is 4.10. The van der Waals surface area contributed by atoms with Gasteiger partial charge in [-0.2, -0.15) is 0 Å². The van der Waals surface area contributed by atoms with Crippen LogP contribution in [-0.4, -0.2) is 10.5 Å². The molecule has 2 aromatic rings. The van der Waals surface area contributed by atoms with Crippen molar-refractivity contribution in [2.45, 2.75) is 32.2 Å². The summed E-state index contributed by atoms with van der Waals surface area (Å²) < 4.78 is 1.71. The Labute approximate surface area is 119 Å². The van der Waals surface area contributed by atoms with E-state index in [0.717, 1.165) is 16.5 Å². The van der Waals surface area contributed by atoms with E-state index in [4.69, 9.17) is 5.73 Å². The number of rotatable bonds is 2. The van der Waals surface area contributed by atoms with E-state index in [-0.39, 0.29) is 24.4 Å². The number of nitrogens with zero attached hydrogens (tertiary/aromatic N) is 1.